The first kappa shape index (κ1) is 11.4. The van der Waals surface area contributed by atoms with Gasteiger partial charge in [-0.3, -0.25) is 9.71 Å². The molecule has 0 unspecified atom stereocenters. The van der Waals surface area contributed by atoms with Gasteiger partial charge in [0.1, 0.15) is 5.75 Å². The van der Waals surface area contributed by atoms with E-state index in [4.69, 9.17) is 16.2 Å². The number of nitrogens with zero attached hydrogens (tertiary/aromatic N) is 3. The van der Waals surface area contributed by atoms with Crippen LogP contribution in [0.2, 0.25) is 0 Å². The second kappa shape index (κ2) is 5.93. The lowest BCUT2D eigenvalue weighted by atomic mass is 10.2. The van der Waals surface area contributed by atoms with Gasteiger partial charge in [-0.25, -0.2) is 0 Å². The van der Waals surface area contributed by atoms with Gasteiger partial charge in [0.2, 0.25) is 5.12 Å². The summed E-state index contributed by atoms with van der Waals surface area (Å²) in [6, 6.07) is 6.28. The maximum atomic E-state index is 10.6. The summed E-state index contributed by atoms with van der Waals surface area (Å²) < 4.78 is 0. The Labute approximate surface area is 79.8 Å². The van der Waals surface area contributed by atoms with E-state index in [1.807, 2.05) is 0 Å². The number of phenols is 1. The van der Waals surface area contributed by atoms with Crippen molar-refractivity contribution in [2.75, 3.05) is 0 Å². The van der Waals surface area contributed by atoms with Gasteiger partial charge < -0.3 is 16.2 Å². The van der Waals surface area contributed by atoms with Gasteiger partial charge in [-0.2, -0.15) is 0 Å². The quantitative estimate of drug-likeness (QED) is 0.312. The summed E-state index contributed by atoms with van der Waals surface area (Å²) in [5.41, 5.74) is 13.7. The maximum absolute atomic E-state index is 10.6. The number of phenolic OH excluding ortho intramolecular Hbond substituents is 1. The van der Waals surface area contributed by atoms with Crippen LogP contribution in [0.4, 0.5) is 0 Å². The van der Waals surface area contributed by atoms with Crippen molar-refractivity contribution in [2.45, 2.75) is 0 Å². The SMILES string of the molecule is O=C(S)c1ccccc1O.[N-]=[N+]=[N-]. The van der Waals surface area contributed by atoms with Gasteiger partial charge >= 0.3 is 0 Å². The number of benzene rings is 1. The molecule has 1 N–H and O–H groups in total. The molecule has 1 aromatic rings. The molecule has 0 radical (unpaired) electrons. The number of hydrogen-bond donors (Lipinski definition) is 2. The molecule has 0 aliphatic rings. The summed E-state index contributed by atoms with van der Waals surface area (Å²) >= 11 is 3.56. The molecule has 0 bridgehead atoms. The fourth-order valence-corrected chi connectivity index (χ4v) is 0.844. The van der Waals surface area contributed by atoms with E-state index in [-0.39, 0.29) is 11.3 Å². The third-order valence-corrected chi connectivity index (χ3v) is 1.38. The number of hydrogen-bond acceptors (Lipinski definition) is 2. The van der Waals surface area contributed by atoms with E-state index in [0.29, 0.717) is 0 Å². The topological polar surface area (TPSA) is 96.0 Å². The first-order valence-electron chi connectivity index (χ1n) is 3.13. The minimum absolute atomic E-state index is 0.0255. The van der Waals surface area contributed by atoms with Crippen LogP contribution in [-0.2, 0) is 0 Å². The molecule has 0 aromatic heterocycles. The highest BCUT2D eigenvalue weighted by Crippen LogP contribution is 2.16. The van der Waals surface area contributed by atoms with Gasteiger partial charge in [0.15, 0.2) is 0 Å². The second-order valence-corrected chi connectivity index (χ2v) is 2.32. The Hall–Kier alpha value is -1.65. The predicted octanol–water partition coefficient (Wildman–Crippen LogP) is 2.33. The van der Waals surface area contributed by atoms with E-state index in [1.54, 1.807) is 12.1 Å². The monoisotopic (exact) mass is 196 g/mol. The molecule has 1 aromatic carbocycles. The number of rotatable bonds is 1. The number of aromatic hydroxyl groups is 1. The largest absolute Gasteiger partial charge is 0.507 e. The summed E-state index contributed by atoms with van der Waals surface area (Å²) in [6.45, 7) is 0. The smallest absolute Gasteiger partial charge is 0.220 e. The Morgan fingerprint density at radius 1 is 1.38 bits per heavy atom. The number of para-hydroxylation sites is 1. The first-order chi connectivity index (χ1) is 6.13. The summed E-state index contributed by atoms with van der Waals surface area (Å²) in [6.07, 6.45) is 0. The van der Waals surface area contributed by atoms with Crippen LogP contribution in [-0.4, -0.2) is 10.2 Å². The van der Waals surface area contributed by atoms with E-state index in [9.17, 15) is 4.79 Å². The van der Waals surface area contributed by atoms with Gasteiger partial charge in [-0.15, -0.1) is 12.6 Å². The molecule has 0 atom stereocenters. The van der Waals surface area contributed by atoms with Crippen molar-refractivity contribution in [1.29, 1.82) is 0 Å². The molecule has 13 heavy (non-hydrogen) atoms. The second-order valence-electron chi connectivity index (χ2n) is 1.91. The number of thiol groups is 1. The highest BCUT2D eigenvalue weighted by molar-refractivity contribution is 7.97. The molecule has 0 spiro atoms. The normalized spacial score (nSPS) is 7.77. The van der Waals surface area contributed by atoms with Crippen LogP contribution >= 0.6 is 12.6 Å². The Morgan fingerprint density at radius 2 is 1.85 bits per heavy atom. The molecule has 0 heterocycles. The van der Waals surface area contributed by atoms with Gasteiger partial charge in [0.05, 0.1) is 5.56 Å². The van der Waals surface area contributed by atoms with E-state index in [0.717, 1.165) is 0 Å². The van der Waals surface area contributed by atoms with E-state index < -0.39 is 5.12 Å². The molecule has 0 aliphatic carbocycles. The molecular weight excluding hydrogens is 190 g/mol. The van der Waals surface area contributed by atoms with Crippen molar-refractivity contribution in [3.63, 3.8) is 0 Å². The number of carbonyl (C=O) groups is 1. The Balaban J connectivity index is 0.000000424. The zero-order valence-corrected chi connectivity index (χ0v) is 7.35. The van der Waals surface area contributed by atoms with E-state index >= 15 is 0 Å². The minimum atomic E-state index is -0.418. The van der Waals surface area contributed by atoms with Gasteiger partial charge in [0, 0.05) is 0 Å². The van der Waals surface area contributed by atoms with Gasteiger partial charge in [-0.05, 0) is 12.1 Å². The van der Waals surface area contributed by atoms with Crippen LogP contribution in [0.3, 0.4) is 0 Å². The third kappa shape index (κ3) is 4.05. The molecule has 0 saturated carbocycles. The zero-order chi connectivity index (χ0) is 10.3. The molecule has 68 valence electrons. The van der Waals surface area contributed by atoms with Crippen molar-refractivity contribution < 1.29 is 9.90 Å². The van der Waals surface area contributed by atoms with E-state index in [2.05, 4.69) is 12.6 Å². The predicted molar refractivity (Wildman–Crippen MR) is 51.5 cm³/mol. The highest BCUT2D eigenvalue weighted by atomic mass is 32.1. The van der Waals surface area contributed by atoms with Crippen molar-refractivity contribution in [3.05, 3.63) is 45.8 Å². The summed E-state index contributed by atoms with van der Waals surface area (Å²) in [7, 11) is 0. The molecule has 5 nitrogen and oxygen atoms in total. The third-order valence-electron chi connectivity index (χ3n) is 1.13. The van der Waals surface area contributed by atoms with Crippen LogP contribution in [0.1, 0.15) is 10.4 Å². The minimum Gasteiger partial charge on any atom is -0.507 e. The average molecular weight is 196 g/mol. The van der Waals surface area contributed by atoms with Crippen molar-refractivity contribution >= 4 is 17.7 Å². The van der Waals surface area contributed by atoms with Crippen LogP contribution < -0.4 is 0 Å². The lowest BCUT2D eigenvalue weighted by Crippen LogP contribution is -1.87. The molecule has 6 heteroatoms. The standard InChI is InChI=1S/C7H6O2S.N3/c8-6-4-2-1-3-5(6)7(9)10;1-3-2/h1-4,8H,(H,9,10);/q;-1. The lowest BCUT2D eigenvalue weighted by Gasteiger charge is -1.95. The average Bonchev–Trinajstić information content (AvgIpc) is 2.06. The molecular formula is C7H6N3O2S-. The van der Waals surface area contributed by atoms with Crippen LogP contribution in [0.5, 0.6) is 5.75 Å². The molecule has 0 fully saturated rings. The fourth-order valence-electron chi connectivity index (χ4n) is 0.654. The van der Waals surface area contributed by atoms with Crippen LogP contribution in [0, 0.1) is 0 Å². The van der Waals surface area contributed by atoms with Crippen molar-refractivity contribution in [1.82, 2.24) is 0 Å². The van der Waals surface area contributed by atoms with Crippen LogP contribution in [0.25, 0.3) is 16.0 Å². The summed E-state index contributed by atoms with van der Waals surface area (Å²) in [5.74, 6) is -0.0255. The highest BCUT2D eigenvalue weighted by Gasteiger charge is 2.03. The summed E-state index contributed by atoms with van der Waals surface area (Å²) in [5, 5.41) is 8.59. The van der Waals surface area contributed by atoms with E-state index in [1.165, 1.54) is 17.0 Å². The maximum Gasteiger partial charge on any atom is 0.220 e. The first-order valence-corrected chi connectivity index (χ1v) is 3.58. The van der Waals surface area contributed by atoms with Gasteiger partial charge in [0.25, 0.3) is 0 Å². The fraction of sp³-hybridized carbons (Fsp3) is 0. The van der Waals surface area contributed by atoms with Crippen molar-refractivity contribution in [2.24, 2.45) is 0 Å². The van der Waals surface area contributed by atoms with Crippen LogP contribution in [0.15, 0.2) is 24.3 Å². The van der Waals surface area contributed by atoms with Gasteiger partial charge in [-0.1, -0.05) is 12.1 Å². The Morgan fingerprint density at radius 3 is 2.15 bits per heavy atom. The number of carbonyl (C=O) groups excluding carboxylic acids is 1. The van der Waals surface area contributed by atoms with Crippen molar-refractivity contribution in [3.8, 4) is 5.75 Å². The Bertz CT molecular complexity index is 334. The molecule has 1 rings (SSSR count). The molecule has 0 saturated heterocycles. The summed E-state index contributed by atoms with van der Waals surface area (Å²) in [4.78, 5) is 12.1. The zero-order valence-electron chi connectivity index (χ0n) is 6.45. The Kier molecular flexibility index (Phi) is 5.18. The molecule has 0 amide bonds. The molecule has 0 aliphatic heterocycles. The lowest BCUT2D eigenvalue weighted by molar-refractivity contribution is 0.108.